The molecule has 0 aromatic heterocycles. The van der Waals surface area contributed by atoms with Crippen LogP contribution in [0.25, 0.3) is 0 Å². The van der Waals surface area contributed by atoms with Crippen LogP contribution in [0.1, 0.15) is 11.8 Å². The molecule has 13 heavy (non-hydrogen) atoms. The molecule has 0 radical (unpaired) electrons. The van der Waals surface area contributed by atoms with Crippen LogP contribution >= 0.6 is 0 Å². The van der Waals surface area contributed by atoms with Gasteiger partial charge in [-0.05, 0) is 26.2 Å². The van der Waals surface area contributed by atoms with E-state index in [2.05, 4.69) is 5.32 Å². The average molecular weight is 191 g/mol. The minimum absolute atomic E-state index is 0. The van der Waals surface area contributed by atoms with E-state index in [-0.39, 0.29) is 31.0 Å². The van der Waals surface area contributed by atoms with Crippen molar-refractivity contribution in [2.45, 2.75) is 0 Å². The van der Waals surface area contributed by atoms with Gasteiger partial charge >= 0.3 is 35.5 Å². The van der Waals surface area contributed by atoms with Crippen molar-refractivity contribution in [2.24, 2.45) is 0 Å². The molecule has 0 heterocycles. The third kappa shape index (κ3) is 7.99. The fraction of sp³-hybridized carbons (Fsp3) is 0.222. The minimum Gasteiger partial charge on any atom is -1.00 e. The normalized spacial score (nSPS) is 7.54. The zero-order valence-electron chi connectivity index (χ0n) is 9.24. The number of benzene rings is 1. The van der Waals surface area contributed by atoms with Gasteiger partial charge in [0.05, 0.1) is 5.56 Å². The van der Waals surface area contributed by atoms with Gasteiger partial charge < -0.3 is 11.8 Å². The third-order valence-corrected chi connectivity index (χ3v) is 1.02. The second kappa shape index (κ2) is 9.74. The molecule has 1 aromatic rings. The zero-order chi connectivity index (χ0) is 9.40. The van der Waals surface area contributed by atoms with Gasteiger partial charge in [0, 0.05) is 0 Å². The molecule has 0 aliphatic heterocycles. The van der Waals surface area contributed by atoms with Gasteiger partial charge in [0.25, 0.3) is 0 Å². The van der Waals surface area contributed by atoms with E-state index in [1.165, 1.54) is 0 Å². The van der Waals surface area contributed by atoms with Crippen LogP contribution in [0.3, 0.4) is 0 Å². The van der Waals surface area contributed by atoms with E-state index in [0.29, 0.717) is 5.56 Å². The monoisotopic (exact) mass is 191 g/mol. The average Bonchev–Trinajstić information content (AvgIpc) is 2.07. The van der Waals surface area contributed by atoms with E-state index in [4.69, 9.17) is 5.11 Å². The first-order valence-electron chi connectivity index (χ1n) is 3.59. The first kappa shape index (κ1) is 15.1. The van der Waals surface area contributed by atoms with Gasteiger partial charge in [-0.25, -0.2) is 4.79 Å². The number of nitrogens with one attached hydrogen (secondary N) is 1. The molecule has 0 saturated heterocycles. The summed E-state index contributed by atoms with van der Waals surface area (Å²) in [4.78, 5) is 10.2. The fourth-order valence-electron chi connectivity index (χ4n) is 0.581. The Hall–Kier alpha value is -0.350. The topological polar surface area (TPSA) is 49.3 Å². The summed E-state index contributed by atoms with van der Waals surface area (Å²) in [5.74, 6) is -0.879. The first-order chi connectivity index (χ1) is 5.72. The maximum atomic E-state index is 10.2. The second-order valence-electron chi connectivity index (χ2n) is 2.17. The van der Waals surface area contributed by atoms with E-state index >= 15 is 0 Å². The van der Waals surface area contributed by atoms with Crippen LogP contribution in [0.2, 0.25) is 0 Å². The van der Waals surface area contributed by atoms with Gasteiger partial charge in [0.2, 0.25) is 0 Å². The predicted molar refractivity (Wildman–Crippen MR) is 49.5 cm³/mol. The zero-order valence-corrected chi connectivity index (χ0v) is 10.2. The summed E-state index contributed by atoms with van der Waals surface area (Å²) in [5, 5.41) is 11.1. The molecule has 1 aromatic carbocycles. The minimum atomic E-state index is -0.879. The number of hydrogen-bond acceptors (Lipinski definition) is 2. The summed E-state index contributed by atoms with van der Waals surface area (Å²) in [5.41, 5.74) is 0.331. The quantitative estimate of drug-likeness (QED) is 0.522. The molecule has 0 bridgehead atoms. The summed E-state index contributed by atoms with van der Waals surface area (Å²) in [6.07, 6.45) is 0. The summed E-state index contributed by atoms with van der Waals surface area (Å²) in [7, 11) is 3.75. The standard InChI is InChI=1S/C7H6O2.C2H7N.Na.H/c8-7(9)6-4-2-1-3-5-6;1-3-2;;/h1-5H,(H,8,9);3H,1-2H3;;/q;;+1;-1. The van der Waals surface area contributed by atoms with E-state index < -0.39 is 5.97 Å². The number of hydrogen-bond donors (Lipinski definition) is 2. The molecular formula is C9H14NNaO2. The van der Waals surface area contributed by atoms with Crippen LogP contribution in [-0.2, 0) is 0 Å². The molecule has 0 unspecified atom stereocenters. The summed E-state index contributed by atoms with van der Waals surface area (Å²) in [6, 6.07) is 8.30. The Labute approximate surface area is 102 Å². The third-order valence-electron chi connectivity index (χ3n) is 1.02. The largest absolute Gasteiger partial charge is 1.00 e. The Kier molecular flexibility index (Phi) is 11.3. The Balaban J connectivity index is -0.000000218. The summed E-state index contributed by atoms with van der Waals surface area (Å²) >= 11 is 0. The molecule has 0 aliphatic rings. The molecule has 1 rings (SSSR count). The van der Waals surface area contributed by atoms with Crippen LogP contribution in [0.15, 0.2) is 30.3 Å². The molecule has 0 amide bonds. The van der Waals surface area contributed by atoms with Gasteiger partial charge in [0.15, 0.2) is 0 Å². The van der Waals surface area contributed by atoms with Crippen LogP contribution in [0, 0.1) is 0 Å². The molecule has 4 heteroatoms. The van der Waals surface area contributed by atoms with E-state index in [1.807, 2.05) is 14.1 Å². The van der Waals surface area contributed by atoms with Crippen molar-refractivity contribution >= 4 is 5.97 Å². The Morgan fingerprint density at radius 3 is 1.92 bits per heavy atom. The van der Waals surface area contributed by atoms with Crippen molar-refractivity contribution < 1.29 is 40.9 Å². The number of rotatable bonds is 1. The van der Waals surface area contributed by atoms with Crippen molar-refractivity contribution in [1.29, 1.82) is 0 Å². The van der Waals surface area contributed by atoms with Gasteiger partial charge in [-0.2, -0.15) is 0 Å². The number of carboxylic acids is 1. The molecule has 0 aliphatic carbocycles. The molecule has 0 saturated carbocycles. The molecule has 0 spiro atoms. The van der Waals surface area contributed by atoms with E-state index in [1.54, 1.807) is 30.3 Å². The maximum Gasteiger partial charge on any atom is 1.00 e. The van der Waals surface area contributed by atoms with Crippen molar-refractivity contribution in [3.05, 3.63) is 35.9 Å². The van der Waals surface area contributed by atoms with Crippen LogP contribution in [-0.4, -0.2) is 25.2 Å². The molecule has 2 N–H and O–H groups in total. The van der Waals surface area contributed by atoms with Gasteiger partial charge in [-0.3, -0.25) is 0 Å². The van der Waals surface area contributed by atoms with E-state index in [9.17, 15) is 4.79 Å². The predicted octanol–water partition coefficient (Wildman–Crippen LogP) is -1.66. The first-order valence-corrected chi connectivity index (χ1v) is 3.59. The van der Waals surface area contributed by atoms with E-state index in [0.717, 1.165) is 0 Å². The SMILES string of the molecule is CNC.O=C(O)c1ccccc1.[H-].[Na+]. The Morgan fingerprint density at radius 2 is 1.69 bits per heavy atom. The van der Waals surface area contributed by atoms with Crippen molar-refractivity contribution in [3.8, 4) is 0 Å². The second-order valence-corrected chi connectivity index (χ2v) is 2.17. The van der Waals surface area contributed by atoms with Gasteiger partial charge in [-0.1, -0.05) is 18.2 Å². The molecule has 0 fully saturated rings. The Bertz CT molecular complexity index is 232. The number of aromatic carboxylic acids is 1. The fourth-order valence-corrected chi connectivity index (χ4v) is 0.581. The van der Waals surface area contributed by atoms with Crippen molar-refractivity contribution in [3.63, 3.8) is 0 Å². The number of carbonyl (C=O) groups is 1. The van der Waals surface area contributed by atoms with Crippen molar-refractivity contribution in [1.82, 2.24) is 5.32 Å². The summed E-state index contributed by atoms with van der Waals surface area (Å²) in [6.45, 7) is 0. The molecule has 0 atom stereocenters. The molecular weight excluding hydrogens is 177 g/mol. The van der Waals surface area contributed by atoms with Crippen LogP contribution < -0.4 is 34.9 Å². The maximum absolute atomic E-state index is 10.2. The van der Waals surface area contributed by atoms with Crippen molar-refractivity contribution in [2.75, 3.05) is 14.1 Å². The smallest absolute Gasteiger partial charge is 1.00 e. The molecule has 3 nitrogen and oxygen atoms in total. The summed E-state index contributed by atoms with van der Waals surface area (Å²) < 4.78 is 0. The number of carboxylic acid groups (broad SMARTS) is 1. The van der Waals surface area contributed by atoms with Gasteiger partial charge in [0.1, 0.15) is 0 Å². The van der Waals surface area contributed by atoms with Crippen LogP contribution in [0.5, 0.6) is 0 Å². The van der Waals surface area contributed by atoms with Crippen LogP contribution in [0.4, 0.5) is 0 Å². The van der Waals surface area contributed by atoms with Gasteiger partial charge in [-0.15, -0.1) is 0 Å². The molecule has 68 valence electrons. The Morgan fingerprint density at radius 1 is 1.31 bits per heavy atom.